The van der Waals surface area contributed by atoms with Crippen LogP contribution in [0.15, 0.2) is 18.2 Å². The Labute approximate surface area is 83.3 Å². The average Bonchev–Trinajstić information content (AvgIpc) is 2.32. The SMILES string of the molecule is Cl.N[C@@H]1CCc2cc(Cl)ccc21. The summed E-state index contributed by atoms with van der Waals surface area (Å²) in [7, 11) is 0. The van der Waals surface area contributed by atoms with E-state index in [4.69, 9.17) is 17.3 Å². The number of hydrogen-bond donors (Lipinski definition) is 1. The van der Waals surface area contributed by atoms with Gasteiger partial charge in [-0.3, -0.25) is 0 Å². The van der Waals surface area contributed by atoms with Gasteiger partial charge < -0.3 is 5.73 Å². The maximum atomic E-state index is 5.85. The van der Waals surface area contributed by atoms with Gasteiger partial charge in [-0.15, -0.1) is 12.4 Å². The Bertz CT molecular complexity index is 286. The molecule has 1 aliphatic carbocycles. The first-order chi connectivity index (χ1) is 5.27. The van der Waals surface area contributed by atoms with Crippen LogP contribution >= 0.6 is 24.0 Å². The van der Waals surface area contributed by atoms with Gasteiger partial charge >= 0.3 is 0 Å². The highest BCUT2D eigenvalue weighted by Crippen LogP contribution is 2.30. The lowest BCUT2D eigenvalue weighted by Gasteiger charge is -2.03. The smallest absolute Gasteiger partial charge is 0.0408 e. The standard InChI is InChI=1S/C9H10ClN.ClH/c10-7-2-3-8-6(5-7)1-4-9(8)11;/h2-3,5,9H,1,4,11H2;1H/t9-;/m1./s1. The molecule has 1 aromatic carbocycles. The molecule has 1 aliphatic rings. The van der Waals surface area contributed by atoms with Crippen molar-refractivity contribution in [3.05, 3.63) is 34.3 Å². The lowest BCUT2D eigenvalue weighted by atomic mass is 10.1. The number of fused-ring (bicyclic) bond motifs is 1. The summed E-state index contributed by atoms with van der Waals surface area (Å²) in [6, 6.07) is 6.20. The van der Waals surface area contributed by atoms with E-state index in [1.807, 2.05) is 18.2 Å². The molecule has 0 spiro atoms. The lowest BCUT2D eigenvalue weighted by Crippen LogP contribution is -2.04. The van der Waals surface area contributed by atoms with Gasteiger partial charge in [0.1, 0.15) is 0 Å². The second kappa shape index (κ2) is 3.65. The second-order valence-electron chi connectivity index (χ2n) is 2.99. The zero-order valence-corrected chi connectivity index (χ0v) is 8.16. The molecule has 66 valence electrons. The van der Waals surface area contributed by atoms with Crippen LogP contribution in [0.3, 0.4) is 0 Å². The molecule has 3 heteroatoms. The summed E-state index contributed by atoms with van der Waals surface area (Å²) in [4.78, 5) is 0. The maximum Gasteiger partial charge on any atom is 0.0408 e. The first-order valence-electron chi connectivity index (χ1n) is 3.81. The number of halogens is 2. The summed E-state index contributed by atoms with van der Waals surface area (Å²) < 4.78 is 0. The molecule has 0 saturated heterocycles. The molecule has 12 heavy (non-hydrogen) atoms. The highest BCUT2D eigenvalue weighted by molar-refractivity contribution is 6.30. The zero-order chi connectivity index (χ0) is 7.84. The molecule has 1 aromatic rings. The third-order valence-electron chi connectivity index (χ3n) is 2.23. The Hall–Kier alpha value is -0.240. The molecule has 0 aliphatic heterocycles. The fraction of sp³-hybridized carbons (Fsp3) is 0.333. The van der Waals surface area contributed by atoms with Crippen molar-refractivity contribution >= 4 is 24.0 Å². The van der Waals surface area contributed by atoms with Crippen LogP contribution in [-0.2, 0) is 6.42 Å². The summed E-state index contributed by atoms with van der Waals surface area (Å²) in [6.45, 7) is 0. The van der Waals surface area contributed by atoms with Crippen molar-refractivity contribution < 1.29 is 0 Å². The Balaban J connectivity index is 0.000000720. The van der Waals surface area contributed by atoms with Gasteiger partial charge in [-0.2, -0.15) is 0 Å². The second-order valence-corrected chi connectivity index (χ2v) is 3.42. The normalized spacial score (nSPS) is 20.0. The monoisotopic (exact) mass is 203 g/mol. The molecule has 0 radical (unpaired) electrons. The molecule has 0 saturated carbocycles. The van der Waals surface area contributed by atoms with Gasteiger partial charge in [0.2, 0.25) is 0 Å². The topological polar surface area (TPSA) is 26.0 Å². The maximum absolute atomic E-state index is 5.85. The first kappa shape index (κ1) is 9.85. The van der Waals surface area contributed by atoms with E-state index in [1.165, 1.54) is 11.1 Å². The van der Waals surface area contributed by atoms with Gasteiger partial charge in [-0.25, -0.2) is 0 Å². The Morgan fingerprint density at radius 3 is 2.92 bits per heavy atom. The third kappa shape index (κ3) is 1.58. The van der Waals surface area contributed by atoms with Crippen LogP contribution < -0.4 is 5.73 Å². The van der Waals surface area contributed by atoms with Gasteiger partial charge in [0, 0.05) is 11.1 Å². The van der Waals surface area contributed by atoms with Gasteiger partial charge in [-0.1, -0.05) is 17.7 Å². The fourth-order valence-corrected chi connectivity index (χ4v) is 1.81. The highest BCUT2D eigenvalue weighted by Gasteiger charge is 2.18. The van der Waals surface area contributed by atoms with E-state index >= 15 is 0 Å². The first-order valence-corrected chi connectivity index (χ1v) is 4.19. The summed E-state index contributed by atoms with van der Waals surface area (Å²) in [5.74, 6) is 0. The van der Waals surface area contributed by atoms with E-state index in [0.717, 1.165) is 17.9 Å². The summed E-state index contributed by atoms with van der Waals surface area (Å²) in [6.07, 6.45) is 2.15. The van der Waals surface area contributed by atoms with Crippen LogP contribution in [-0.4, -0.2) is 0 Å². The molecule has 2 N–H and O–H groups in total. The van der Waals surface area contributed by atoms with E-state index in [9.17, 15) is 0 Å². The minimum absolute atomic E-state index is 0. The van der Waals surface area contributed by atoms with Crippen LogP contribution in [0.5, 0.6) is 0 Å². The van der Waals surface area contributed by atoms with Crippen LogP contribution in [0.4, 0.5) is 0 Å². The van der Waals surface area contributed by atoms with E-state index in [2.05, 4.69) is 0 Å². The molecule has 0 fully saturated rings. The third-order valence-corrected chi connectivity index (χ3v) is 2.46. The lowest BCUT2D eigenvalue weighted by molar-refractivity contribution is 0.713. The molecule has 0 heterocycles. The predicted octanol–water partition coefficient (Wildman–Crippen LogP) is 2.71. The zero-order valence-electron chi connectivity index (χ0n) is 6.59. The summed E-state index contributed by atoms with van der Waals surface area (Å²) in [5, 5.41) is 0.817. The Morgan fingerprint density at radius 2 is 2.17 bits per heavy atom. The van der Waals surface area contributed by atoms with Crippen molar-refractivity contribution in [1.82, 2.24) is 0 Å². The highest BCUT2D eigenvalue weighted by atomic mass is 35.5. The molecular formula is C9H11Cl2N. The van der Waals surface area contributed by atoms with Crippen molar-refractivity contribution in [1.29, 1.82) is 0 Å². The van der Waals surface area contributed by atoms with Gasteiger partial charge in [0.25, 0.3) is 0 Å². The molecular weight excluding hydrogens is 193 g/mol. The Kier molecular flexibility index (Phi) is 2.99. The number of aryl methyl sites for hydroxylation is 1. The summed E-state index contributed by atoms with van der Waals surface area (Å²) in [5.41, 5.74) is 8.45. The van der Waals surface area contributed by atoms with Crippen LogP contribution in [0.2, 0.25) is 5.02 Å². The van der Waals surface area contributed by atoms with E-state index in [-0.39, 0.29) is 18.4 Å². The predicted molar refractivity (Wildman–Crippen MR) is 53.9 cm³/mol. The molecule has 2 rings (SSSR count). The number of hydrogen-bond acceptors (Lipinski definition) is 1. The fourth-order valence-electron chi connectivity index (χ4n) is 1.62. The molecule has 0 bridgehead atoms. The summed E-state index contributed by atoms with van der Waals surface area (Å²) >= 11 is 5.83. The Morgan fingerprint density at radius 1 is 1.42 bits per heavy atom. The minimum atomic E-state index is 0. The van der Waals surface area contributed by atoms with E-state index < -0.39 is 0 Å². The molecule has 0 aromatic heterocycles. The van der Waals surface area contributed by atoms with Crippen molar-refractivity contribution in [3.63, 3.8) is 0 Å². The molecule has 1 atom stereocenters. The number of rotatable bonds is 0. The number of benzene rings is 1. The average molecular weight is 204 g/mol. The number of nitrogens with two attached hydrogens (primary N) is 1. The van der Waals surface area contributed by atoms with Crippen LogP contribution in [0.25, 0.3) is 0 Å². The van der Waals surface area contributed by atoms with Crippen LogP contribution in [0, 0.1) is 0 Å². The van der Waals surface area contributed by atoms with Crippen molar-refractivity contribution in [2.75, 3.05) is 0 Å². The van der Waals surface area contributed by atoms with E-state index in [0.29, 0.717) is 0 Å². The molecule has 0 amide bonds. The largest absolute Gasteiger partial charge is 0.324 e. The van der Waals surface area contributed by atoms with Gasteiger partial charge in [0.05, 0.1) is 0 Å². The molecule has 1 nitrogen and oxygen atoms in total. The van der Waals surface area contributed by atoms with Crippen molar-refractivity contribution in [2.45, 2.75) is 18.9 Å². The minimum Gasteiger partial charge on any atom is -0.324 e. The van der Waals surface area contributed by atoms with Crippen molar-refractivity contribution in [3.8, 4) is 0 Å². The quantitative estimate of drug-likeness (QED) is 0.690. The van der Waals surface area contributed by atoms with Crippen molar-refractivity contribution in [2.24, 2.45) is 5.73 Å². The van der Waals surface area contributed by atoms with E-state index in [1.54, 1.807) is 0 Å². The van der Waals surface area contributed by atoms with Gasteiger partial charge in [0.15, 0.2) is 0 Å². The van der Waals surface area contributed by atoms with Gasteiger partial charge in [-0.05, 0) is 36.1 Å². The van der Waals surface area contributed by atoms with Crippen LogP contribution in [0.1, 0.15) is 23.6 Å². The molecule has 0 unspecified atom stereocenters.